The number of nitrogens with zero attached hydrogens (tertiary/aromatic N) is 1. The van der Waals surface area contributed by atoms with Crippen molar-refractivity contribution in [2.45, 2.75) is 41.0 Å². The van der Waals surface area contributed by atoms with Crippen molar-refractivity contribution in [2.24, 2.45) is 5.41 Å². The molecule has 0 aromatic rings. The summed E-state index contributed by atoms with van der Waals surface area (Å²) in [4.78, 5) is 14.0. The van der Waals surface area contributed by atoms with Crippen LogP contribution in [-0.2, 0) is 4.79 Å². The summed E-state index contributed by atoms with van der Waals surface area (Å²) in [5.74, 6) is -0.218. The third-order valence-corrected chi connectivity index (χ3v) is 3.29. The van der Waals surface area contributed by atoms with Gasteiger partial charge in [-0.15, -0.1) is 0 Å². The van der Waals surface area contributed by atoms with Gasteiger partial charge in [0.25, 0.3) is 0 Å². The van der Waals surface area contributed by atoms with Crippen LogP contribution in [0.2, 0.25) is 0 Å². The number of rotatable bonds is 3. The highest BCUT2D eigenvalue weighted by Crippen LogP contribution is 2.39. The molecule has 1 aliphatic carbocycles. The number of hydrogen-bond acceptors (Lipinski definition) is 2. The Bertz CT molecular complexity index is 374. The number of carbonyl (C=O) groups excluding carboxylic acids is 1. The molecule has 0 spiro atoms. The van der Waals surface area contributed by atoms with Crippen LogP contribution in [-0.4, -0.2) is 23.9 Å². The molecule has 0 unspecified atom stereocenters. The molecular formula is C14H22NO2-. The van der Waals surface area contributed by atoms with E-state index >= 15 is 0 Å². The Labute approximate surface area is 104 Å². The number of allylic oxidation sites excluding steroid dienone is 2. The number of amides is 1. The Hall–Kier alpha value is -1.25. The van der Waals surface area contributed by atoms with E-state index in [1.807, 2.05) is 34.6 Å². The highest BCUT2D eigenvalue weighted by atomic mass is 16.3. The highest BCUT2D eigenvalue weighted by molar-refractivity contribution is 5.95. The van der Waals surface area contributed by atoms with Crippen LogP contribution < -0.4 is 5.11 Å². The normalized spacial score (nSPS) is 19.0. The van der Waals surface area contributed by atoms with Gasteiger partial charge in [0.05, 0.1) is 0 Å². The molecule has 3 nitrogen and oxygen atoms in total. The van der Waals surface area contributed by atoms with E-state index in [4.69, 9.17) is 0 Å². The van der Waals surface area contributed by atoms with Gasteiger partial charge < -0.3 is 10.0 Å². The molecule has 0 saturated carbocycles. The molecule has 17 heavy (non-hydrogen) atoms. The molecule has 3 heteroatoms. The molecule has 0 heterocycles. The van der Waals surface area contributed by atoms with Gasteiger partial charge in [-0.1, -0.05) is 31.3 Å². The largest absolute Gasteiger partial charge is 0.872 e. The van der Waals surface area contributed by atoms with Crippen molar-refractivity contribution in [3.63, 3.8) is 0 Å². The fourth-order valence-corrected chi connectivity index (χ4v) is 2.53. The summed E-state index contributed by atoms with van der Waals surface area (Å²) in [6.45, 7) is 11.0. The second-order valence-corrected chi connectivity index (χ2v) is 5.27. The monoisotopic (exact) mass is 236 g/mol. The zero-order chi connectivity index (χ0) is 13.2. The first-order valence-corrected chi connectivity index (χ1v) is 6.21. The van der Waals surface area contributed by atoms with Gasteiger partial charge in [-0.2, -0.15) is 0 Å². The second-order valence-electron chi connectivity index (χ2n) is 5.27. The van der Waals surface area contributed by atoms with E-state index < -0.39 is 0 Å². The summed E-state index contributed by atoms with van der Waals surface area (Å²) in [6, 6.07) is 0. The van der Waals surface area contributed by atoms with E-state index in [0.717, 1.165) is 12.0 Å². The molecule has 0 aliphatic heterocycles. The quantitative estimate of drug-likeness (QED) is 0.750. The molecule has 0 radical (unpaired) electrons. The minimum absolute atomic E-state index is 0.103. The summed E-state index contributed by atoms with van der Waals surface area (Å²) in [6.07, 6.45) is 2.38. The molecule has 0 saturated heterocycles. The van der Waals surface area contributed by atoms with E-state index in [9.17, 15) is 9.90 Å². The maximum absolute atomic E-state index is 12.3. The predicted octanol–water partition coefficient (Wildman–Crippen LogP) is 1.85. The molecule has 0 aromatic carbocycles. The summed E-state index contributed by atoms with van der Waals surface area (Å²) in [5, 5.41) is 12.0. The van der Waals surface area contributed by atoms with Crippen LogP contribution >= 0.6 is 0 Å². The zero-order valence-electron chi connectivity index (χ0n) is 11.5. The summed E-state index contributed by atoms with van der Waals surface area (Å²) >= 11 is 0. The van der Waals surface area contributed by atoms with E-state index in [1.165, 1.54) is 0 Å². The van der Waals surface area contributed by atoms with Crippen molar-refractivity contribution in [1.29, 1.82) is 0 Å². The SMILES string of the molecule is CCN(CC)C(=O)C1=C([O-])C=C(C)CC1(C)C. The van der Waals surface area contributed by atoms with Gasteiger partial charge in [-0.3, -0.25) is 4.79 Å². The van der Waals surface area contributed by atoms with Gasteiger partial charge in [0.2, 0.25) is 5.91 Å². The maximum Gasteiger partial charge on any atom is 0.249 e. The average Bonchev–Trinajstić information content (AvgIpc) is 2.15. The summed E-state index contributed by atoms with van der Waals surface area (Å²) in [5.41, 5.74) is 1.14. The number of hydrogen-bond donors (Lipinski definition) is 0. The Balaban J connectivity index is 3.17. The van der Waals surface area contributed by atoms with Gasteiger partial charge in [0.1, 0.15) is 0 Å². The van der Waals surface area contributed by atoms with Crippen LogP contribution in [0.1, 0.15) is 41.0 Å². The van der Waals surface area contributed by atoms with Crippen molar-refractivity contribution >= 4 is 5.91 Å². The van der Waals surface area contributed by atoms with E-state index in [2.05, 4.69) is 0 Å². The molecule has 1 amide bonds. The van der Waals surface area contributed by atoms with E-state index in [0.29, 0.717) is 18.7 Å². The lowest BCUT2D eigenvalue weighted by atomic mass is 9.74. The van der Waals surface area contributed by atoms with Crippen LogP contribution in [0.3, 0.4) is 0 Å². The van der Waals surface area contributed by atoms with Gasteiger partial charge in [0, 0.05) is 18.7 Å². The first kappa shape index (κ1) is 13.8. The topological polar surface area (TPSA) is 43.4 Å². The molecule has 96 valence electrons. The lowest BCUT2D eigenvalue weighted by molar-refractivity contribution is -0.298. The second kappa shape index (κ2) is 4.94. The lowest BCUT2D eigenvalue weighted by Gasteiger charge is -2.37. The van der Waals surface area contributed by atoms with Gasteiger partial charge in [0.15, 0.2) is 0 Å². The summed E-state index contributed by atoms with van der Waals surface area (Å²) in [7, 11) is 0. The van der Waals surface area contributed by atoms with Gasteiger partial charge in [-0.05, 0) is 32.6 Å². The molecule has 0 atom stereocenters. The smallest absolute Gasteiger partial charge is 0.249 e. The Morgan fingerprint density at radius 1 is 1.41 bits per heavy atom. The molecule has 0 N–H and O–H groups in total. The molecule has 0 aromatic heterocycles. The van der Waals surface area contributed by atoms with Crippen molar-refractivity contribution in [3.05, 3.63) is 23.0 Å². The number of likely N-dealkylation sites (N-methyl/N-ethyl adjacent to an activating group) is 1. The van der Waals surface area contributed by atoms with E-state index in [-0.39, 0.29) is 17.1 Å². The Morgan fingerprint density at radius 2 is 1.94 bits per heavy atom. The van der Waals surface area contributed by atoms with E-state index in [1.54, 1.807) is 11.0 Å². The van der Waals surface area contributed by atoms with Crippen molar-refractivity contribution in [1.82, 2.24) is 4.90 Å². The molecule has 0 fully saturated rings. The van der Waals surface area contributed by atoms with Crippen molar-refractivity contribution < 1.29 is 9.90 Å². The summed E-state index contributed by atoms with van der Waals surface area (Å²) < 4.78 is 0. The Kier molecular flexibility index (Phi) is 4.02. The minimum Gasteiger partial charge on any atom is -0.872 e. The fraction of sp³-hybridized carbons (Fsp3) is 0.643. The third kappa shape index (κ3) is 2.71. The molecule has 0 bridgehead atoms. The maximum atomic E-state index is 12.3. The van der Waals surface area contributed by atoms with Crippen LogP contribution in [0.5, 0.6) is 0 Å². The fourth-order valence-electron chi connectivity index (χ4n) is 2.53. The van der Waals surface area contributed by atoms with Crippen molar-refractivity contribution in [2.75, 3.05) is 13.1 Å². The zero-order valence-corrected chi connectivity index (χ0v) is 11.5. The molecule has 1 aliphatic rings. The molecular weight excluding hydrogens is 214 g/mol. The standard InChI is InChI=1S/C14H23NO2/c1-6-15(7-2)13(17)12-11(16)8-10(3)9-14(12,4)5/h8,16H,6-7,9H2,1-5H3/p-1. The first-order chi connectivity index (χ1) is 7.83. The number of carbonyl (C=O) groups is 1. The third-order valence-electron chi connectivity index (χ3n) is 3.29. The minimum atomic E-state index is -0.352. The van der Waals surface area contributed by atoms with Crippen LogP contribution in [0.15, 0.2) is 23.0 Å². The van der Waals surface area contributed by atoms with Crippen LogP contribution in [0.25, 0.3) is 0 Å². The van der Waals surface area contributed by atoms with Crippen LogP contribution in [0, 0.1) is 5.41 Å². The van der Waals surface area contributed by atoms with Gasteiger partial charge >= 0.3 is 0 Å². The lowest BCUT2D eigenvalue weighted by Crippen LogP contribution is -2.39. The average molecular weight is 236 g/mol. The predicted molar refractivity (Wildman–Crippen MR) is 67.1 cm³/mol. The first-order valence-electron chi connectivity index (χ1n) is 6.21. The Morgan fingerprint density at radius 3 is 2.35 bits per heavy atom. The van der Waals surface area contributed by atoms with Crippen LogP contribution in [0.4, 0.5) is 0 Å². The van der Waals surface area contributed by atoms with Crippen molar-refractivity contribution in [3.8, 4) is 0 Å². The molecule has 1 rings (SSSR count). The van der Waals surface area contributed by atoms with Gasteiger partial charge in [-0.25, -0.2) is 0 Å². The highest BCUT2D eigenvalue weighted by Gasteiger charge is 2.33.